The second kappa shape index (κ2) is 7.19. The first-order valence-electron chi connectivity index (χ1n) is 9.29. The lowest BCUT2D eigenvalue weighted by Gasteiger charge is -2.29. The highest BCUT2D eigenvalue weighted by Crippen LogP contribution is 2.33. The third-order valence-electron chi connectivity index (χ3n) is 5.13. The van der Waals surface area contributed by atoms with Crippen LogP contribution in [0.3, 0.4) is 0 Å². The average Bonchev–Trinajstić information content (AvgIpc) is 3.43. The Morgan fingerprint density at radius 1 is 1.31 bits per heavy atom. The lowest BCUT2D eigenvalue weighted by Crippen LogP contribution is -2.38. The largest absolute Gasteiger partial charge is 0.337 e. The summed E-state index contributed by atoms with van der Waals surface area (Å²) in [6, 6.07) is 10.00. The molecule has 26 heavy (non-hydrogen) atoms. The second-order valence-corrected chi connectivity index (χ2v) is 8.12. The Morgan fingerprint density at radius 2 is 2.08 bits per heavy atom. The van der Waals surface area contributed by atoms with Crippen molar-refractivity contribution in [1.82, 2.24) is 9.88 Å². The van der Waals surface area contributed by atoms with Gasteiger partial charge in [-0.05, 0) is 24.8 Å². The van der Waals surface area contributed by atoms with Crippen molar-refractivity contribution in [3.63, 3.8) is 0 Å². The van der Waals surface area contributed by atoms with Gasteiger partial charge in [0, 0.05) is 23.8 Å². The summed E-state index contributed by atoms with van der Waals surface area (Å²) in [5.74, 6) is 0.338. The van der Waals surface area contributed by atoms with Crippen molar-refractivity contribution >= 4 is 28.3 Å². The molecule has 0 radical (unpaired) electrons. The van der Waals surface area contributed by atoms with Crippen molar-refractivity contribution in [2.75, 3.05) is 11.9 Å². The summed E-state index contributed by atoms with van der Waals surface area (Å²) in [5, 5.41) is 3.61. The Hall–Kier alpha value is -2.21. The minimum Gasteiger partial charge on any atom is -0.337 e. The topological polar surface area (TPSA) is 62.3 Å². The third-order valence-corrected chi connectivity index (χ3v) is 6.13. The molecule has 5 nitrogen and oxygen atoms in total. The molecule has 1 aromatic carbocycles. The first-order valence-corrected chi connectivity index (χ1v) is 10.1. The maximum absolute atomic E-state index is 13.1. The smallest absolute Gasteiger partial charge is 0.230 e. The molecule has 0 saturated heterocycles. The van der Waals surface area contributed by atoms with Crippen molar-refractivity contribution < 1.29 is 9.59 Å². The molecule has 1 aromatic heterocycles. The highest BCUT2D eigenvalue weighted by Gasteiger charge is 2.32. The predicted octanol–water partition coefficient (Wildman–Crippen LogP) is 3.57. The van der Waals surface area contributed by atoms with E-state index in [1.165, 1.54) is 11.3 Å². The lowest BCUT2D eigenvalue weighted by atomic mass is 9.94. The molecule has 136 valence electrons. The van der Waals surface area contributed by atoms with Crippen LogP contribution in [-0.4, -0.2) is 28.2 Å². The standard InChI is InChI=1S/C20H23N3O2S/c1-2-15(13-6-4-3-5-7-13)19(25)23-11-10-16-17(12-23)26-20(21-16)22-18(24)14-8-9-14/h3-7,14-15H,2,8-12H2,1H3,(H,21,22,24). The number of anilines is 1. The number of nitrogens with zero attached hydrogens (tertiary/aromatic N) is 2. The molecule has 1 unspecified atom stereocenters. The molecule has 1 atom stereocenters. The molecule has 0 bridgehead atoms. The van der Waals surface area contributed by atoms with Gasteiger partial charge in [-0.1, -0.05) is 48.6 Å². The number of benzene rings is 1. The van der Waals surface area contributed by atoms with Crippen LogP contribution in [0.25, 0.3) is 0 Å². The second-order valence-electron chi connectivity index (χ2n) is 7.03. The van der Waals surface area contributed by atoms with E-state index < -0.39 is 0 Å². The molecule has 0 spiro atoms. The van der Waals surface area contributed by atoms with Gasteiger partial charge in [-0.15, -0.1) is 0 Å². The van der Waals surface area contributed by atoms with Gasteiger partial charge in [0.1, 0.15) is 0 Å². The van der Waals surface area contributed by atoms with Crippen molar-refractivity contribution in [2.45, 2.75) is 45.1 Å². The first-order chi connectivity index (χ1) is 12.7. The predicted molar refractivity (Wildman–Crippen MR) is 102 cm³/mol. The van der Waals surface area contributed by atoms with E-state index in [4.69, 9.17) is 0 Å². The van der Waals surface area contributed by atoms with Crippen molar-refractivity contribution in [1.29, 1.82) is 0 Å². The Bertz CT molecular complexity index is 814. The van der Waals surface area contributed by atoms with Crippen LogP contribution in [0.1, 0.15) is 48.2 Å². The molecular weight excluding hydrogens is 346 g/mol. The summed E-state index contributed by atoms with van der Waals surface area (Å²) in [7, 11) is 0. The molecule has 6 heteroatoms. The van der Waals surface area contributed by atoms with E-state index >= 15 is 0 Å². The summed E-state index contributed by atoms with van der Waals surface area (Å²) in [6.07, 6.45) is 3.51. The fourth-order valence-corrected chi connectivity index (χ4v) is 4.48. The van der Waals surface area contributed by atoms with Crippen LogP contribution in [0.5, 0.6) is 0 Å². The van der Waals surface area contributed by atoms with Gasteiger partial charge in [-0.2, -0.15) is 0 Å². The van der Waals surface area contributed by atoms with Gasteiger partial charge in [-0.3, -0.25) is 9.59 Å². The molecular formula is C20H23N3O2S. The van der Waals surface area contributed by atoms with Crippen molar-refractivity contribution in [3.05, 3.63) is 46.5 Å². The Kier molecular flexibility index (Phi) is 4.76. The number of thiazole rings is 1. The summed E-state index contributed by atoms with van der Waals surface area (Å²) in [5.41, 5.74) is 2.10. The highest BCUT2D eigenvalue weighted by molar-refractivity contribution is 7.15. The van der Waals surface area contributed by atoms with E-state index in [0.29, 0.717) is 18.2 Å². The van der Waals surface area contributed by atoms with Crippen LogP contribution < -0.4 is 5.32 Å². The van der Waals surface area contributed by atoms with E-state index in [1.54, 1.807) is 0 Å². The minimum absolute atomic E-state index is 0.0826. The van der Waals surface area contributed by atoms with Gasteiger partial charge < -0.3 is 10.2 Å². The number of carbonyl (C=O) groups excluding carboxylic acids is 2. The summed E-state index contributed by atoms with van der Waals surface area (Å²) in [6.45, 7) is 3.34. The number of hydrogen-bond acceptors (Lipinski definition) is 4. The molecule has 1 saturated carbocycles. The Labute approximate surface area is 157 Å². The zero-order chi connectivity index (χ0) is 18.1. The lowest BCUT2D eigenvalue weighted by molar-refractivity contribution is -0.133. The van der Waals surface area contributed by atoms with Gasteiger partial charge in [0.25, 0.3) is 0 Å². The van der Waals surface area contributed by atoms with E-state index in [0.717, 1.165) is 41.8 Å². The number of rotatable bonds is 5. The van der Waals surface area contributed by atoms with E-state index in [1.807, 2.05) is 35.2 Å². The zero-order valence-electron chi connectivity index (χ0n) is 14.9. The van der Waals surface area contributed by atoms with Crippen LogP contribution >= 0.6 is 11.3 Å². The van der Waals surface area contributed by atoms with Gasteiger partial charge in [0.15, 0.2) is 5.13 Å². The fourth-order valence-electron chi connectivity index (χ4n) is 3.45. The van der Waals surface area contributed by atoms with Crippen molar-refractivity contribution in [2.24, 2.45) is 5.92 Å². The van der Waals surface area contributed by atoms with Gasteiger partial charge in [0.05, 0.1) is 18.2 Å². The summed E-state index contributed by atoms with van der Waals surface area (Å²) >= 11 is 1.51. The van der Waals surface area contributed by atoms with E-state index in [2.05, 4.69) is 17.2 Å². The Morgan fingerprint density at radius 3 is 2.77 bits per heavy atom. The molecule has 1 aliphatic heterocycles. The average molecular weight is 369 g/mol. The van der Waals surface area contributed by atoms with E-state index in [9.17, 15) is 9.59 Å². The summed E-state index contributed by atoms with van der Waals surface area (Å²) in [4.78, 5) is 32.6. The number of carbonyl (C=O) groups is 2. The molecule has 1 N–H and O–H groups in total. The number of nitrogens with one attached hydrogen (secondary N) is 1. The molecule has 1 aliphatic carbocycles. The molecule has 2 heterocycles. The zero-order valence-corrected chi connectivity index (χ0v) is 15.7. The van der Waals surface area contributed by atoms with Gasteiger partial charge >= 0.3 is 0 Å². The molecule has 2 amide bonds. The SMILES string of the molecule is CCC(C(=O)N1CCc2nc(NC(=O)C3CC3)sc2C1)c1ccccc1. The van der Waals surface area contributed by atoms with Gasteiger partial charge in [-0.25, -0.2) is 4.98 Å². The quantitative estimate of drug-likeness (QED) is 0.876. The number of hydrogen-bond donors (Lipinski definition) is 1. The molecule has 4 rings (SSSR count). The maximum Gasteiger partial charge on any atom is 0.230 e. The normalized spacial score (nSPS) is 17.5. The minimum atomic E-state index is -0.0975. The highest BCUT2D eigenvalue weighted by atomic mass is 32.1. The van der Waals surface area contributed by atoms with Crippen LogP contribution in [0.15, 0.2) is 30.3 Å². The number of aromatic nitrogens is 1. The number of amides is 2. The van der Waals surface area contributed by atoms with E-state index in [-0.39, 0.29) is 23.7 Å². The van der Waals surface area contributed by atoms with Crippen LogP contribution in [0, 0.1) is 5.92 Å². The summed E-state index contributed by atoms with van der Waals surface area (Å²) < 4.78 is 0. The third kappa shape index (κ3) is 3.51. The van der Waals surface area contributed by atoms with Crippen LogP contribution in [-0.2, 0) is 22.6 Å². The van der Waals surface area contributed by atoms with Crippen molar-refractivity contribution in [3.8, 4) is 0 Å². The molecule has 2 aliphatic rings. The van der Waals surface area contributed by atoms with Crippen LogP contribution in [0.2, 0.25) is 0 Å². The maximum atomic E-state index is 13.1. The fraction of sp³-hybridized carbons (Fsp3) is 0.450. The van der Waals surface area contributed by atoms with Crippen LogP contribution in [0.4, 0.5) is 5.13 Å². The molecule has 1 fully saturated rings. The Balaban J connectivity index is 1.46. The first kappa shape index (κ1) is 17.2. The monoisotopic (exact) mass is 369 g/mol. The number of fused-ring (bicyclic) bond motifs is 1. The van der Waals surface area contributed by atoms with Gasteiger partial charge in [0.2, 0.25) is 11.8 Å². The molecule has 2 aromatic rings.